The second kappa shape index (κ2) is 8.50. The molecule has 1 saturated carbocycles. The van der Waals surface area contributed by atoms with Gasteiger partial charge in [0.1, 0.15) is 28.7 Å². The van der Waals surface area contributed by atoms with E-state index in [1.54, 1.807) is 47.1 Å². The highest BCUT2D eigenvalue weighted by Gasteiger charge is 2.53. The molecular weight excluding hydrogens is 489 g/mol. The zero-order chi connectivity index (χ0) is 26.9. The number of hydrogen-bond donors (Lipinski definition) is 1. The van der Waals surface area contributed by atoms with Crippen LogP contribution in [-0.4, -0.2) is 56.8 Å². The van der Waals surface area contributed by atoms with E-state index in [9.17, 15) is 4.79 Å². The van der Waals surface area contributed by atoms with E-state index in [2.05, 4.69) is 31.8 Å². The van der Waals surface area contributed by atoms with Crippen LogP contribution in [0.1, 0.15) is 33.5 Å². The van der Waals surface area contributed by atoms with Crippen molar-refractivity contribution in [3.05, 3.63) is 36.2 Å². The number of ether oxygens (including phenoxy) is 2. The third kappa shape index (κ3) is 4.25. The fourth-order valence-electron chi connectivity index (χ4n) is 5.31. The summed E-state index contributed by atoms with van der Waals surface area (Å²) in [5, 5.41) is 1.26. The smallest absolute Gasteiger partial charge is 0.414 e. The molecule has 4 aromatic rings. The number of amides is 1. The number of anilines is 2. The lowest BCUT2D eigenvalue weighted by molar-refractivity contribution is 0.0589. The zero-order valence-corrected chi connectivity index (χ0v) is 22.2. The van der Waals surface area contributed by atoms with Gasteiger partial charge in [0.2, 0.25) is 0 Å². The van der Waals surface area contributed by atoms with Crippen molar-refractivity contribution < 1.29 is 18.7 Å². The van der Waals surface area contributed by atoms with E-state index in [-0.39, 0.29) is 6.01 Å². The molecule has 198 valence electrons. The van der Waals surface area contributed by atoms with E-state index in [4.69, 9.17) is 14.5 Å². The number of rotatable bonds is 4. The Kier molecular flexibility index (Phi) is 5.44. The molecule has 1 aliphatic heterocycles. The van der Waals surface area contributed by atoms with Crippen molar-refractivity contribution in [2.24, 2.45) is 17.8 Å². The first-order valence-electron chi connectivity index (χ1n) is 12.7. The Morgan fingerprint density at radius 2 is 1.84 bits per heavy atom. The van der Waals surface area contributed by atoms with Crippen LogP contribution in [0.15, 0.2) is 24.5 Å². The molecule has 1 N–H and O–H groups in total. The number of fused-ring (bicyclic) bond motifs is 4. The van der Waals surface area contributed by atoms with Crippen molar-refractivity contribution in [1.82, 2.24) is 24.9 Å². The van der Waals surface area contributed by atoms with Crippen molar-refractivity contribution in [2.75, 3.05) is 29.9 Å². The van der Waals surface area contributed by atoms with Gasteiger partial charge in [-0.05, 0) is 57.6 Å². The number of carbonyl (C=O) groups excluding carboxylic acids is 1. The Bertz CT molecular complexity index is 1550. The van der Waals surface area contributed by atoms with Gasteiger partial charge in [0.25, 0.3) is 0 Å². The summed E-state index contributed by atoms with van der Waals surface area (Å²) in [7, 11) is 1.56. The topological polar surface area (TPSA) is 109 Å². The predicted octanol–water partition coefficient (Wildman–Crippen LogP) is 5.21. The van der Waals surface area contributed by atoms with Crippen LogP contribution in [0.5, 0.6) is 11.8 Å². The van der Waals surface area contributed by atoms with Gasteiger partial charge in [-0.2, -0.15) is 9.97 Å². The van der Waals surface area contributed by atoms with Crippen LogP contribution in [0.3, 0.4) is 0 Å². The lowest BCUT2D eigenvalue weighted by atomic mass is 10.1. The minimum absolute atomic E-state index is 0.127. The summed E-state index contributed by atoms with van der Waals surface area (Å²) in [5.41, 5.74) is 0.673. The van der Waals surface area contributed by atoms with Crippen LogP contribution >= 0.6 is 0 Å². The molecule has 2 fully saturated rings. The van der Waals surface area contributed by atoms with Gasteiger partial charge in [0.05, 0.1) is 29.0 Å². The number of H-pyrrole nitrogens is 1. The van der Waals surface area contributed by atoms with Gasteiger partial charge < -0.3 is 19.4 Å². The van der Waals surface area contributed by atoms with Crippen molar-refractivity contribution in [3.8, 4) is 11.8 Å². The highest BCUT2D eigenvalue weighted by atomic mass is 19.1. The molecule has 1 aromatic carbocycles. The zero-order valence-electron chi connectivity index (χ0n) is 22.2. The number of nitrogens with zero attached hydrogens (tertiary/aromatic N) is 6. The second-order valence-electron chi connectivity index (χ2n) is 11.2. The molecule has 0 spiro atoms. The third-order valence-electron chi connectivity index (χ3n) is 7.38. The lowest BCUT2D eigenvalue weighted by Gasteiger charge is -2.25. The van der Waals surface area contributed by atoms with Gasteiger partial charge in [-0.25, -0.2) is 19.2 Å². The number of aryl methyl sites for hydroxylation is 1. The first-order valence-corrected chi connectivity index (χ1v) is 12.7. The van der Waals surface area contributed by atoms with E-state index >= 15 is 4.39 Å². The average molecular weight is 520 g/mol. The molecule has 1 unspecified atom stereocenters. The molecule has 3 aromatic heterocycles. The van der Waals surface area contributed by atoms with E-state index in [1.165, 1.54) is 17.0 Å². The Hall–Kier alpha value is -4.02. The number of piperidine rings is 1. The summed E-state index contributed by atoms with van der Waals surface area (Å²) in [4.78, 5) is 37.4. The summed E-state index contributed by atoms with van der Waals surface area (Å²) >= 11 is 0. The van der Waals surface area contributed by atoms with Gasteiger partial charge in [0, 0.05) is 25.5 Å². The maximum absolute atomic E-state index is 15.0. The number of halogens is 1. The molecular formula is C27H30FN7O3. The summed E-state index contributed by atoms with van der Waals surface area (Å²) < 4.78 is 26.5. The number of aromatic amines is 1. The average Bonchev–Trinajstić information content (AvgIpc) is 3.18. The SMILES string of the molecule is Cc1ncc(Oc2nc(N3C[C@@H]4C(C)[C@@H]4C3)c3c(n2)[nH]c2c(N(C)C(=O)OC(C)(C)C)cc(F)cc23)cn1. The Labute approximate surface area is 219 Å². The molecule has 1 aliphatic carbocycles. The Balaban J connectivity index is 1.49. The number of benzene rings is 1. The molecule has 10 nitrogen and oxygen atoms in total. The van der Waals surface area contributed by atoms with Crippen LogP contribution in [0.2, 0.25) is 0 Å². The molecule has 2 aliphatic rings. The van der Waals surface area contributed by atoms with Crippen molar-refractivity contribution in [3.63, 3.8) is 0 Å². The van der Waals surface area contributed by atoms with Crippen molar-refractivity contribution in [2.45, 2.75) is 40.2 Å². The fourth-order valence-corrected chi connectivity index (χ4v) is 5.31. The van der Waals surface area contributed by atoms with Gasteiger partial charge in [-0.3, -0.25) is 4.90 Å². The van der Waals surface area contributed by atoms with Crippen molar-refractivity contribution in [1.29, 1.82) is 0 Å². The summed E-state index contributed by atoms with van der Waals surface area (Å²) in [5.74, 6) is 3.14. The normalized spacial score (nSPS) is 20.6. The molecule has 0 bridgehead atoms. The number of carbonyl (C=O) groups is 1. The van der Waals surface area contributed by atoms with Crippen molar-refractivity contribution >= 4 is 39.5 Å². The maximum Gasteiger partial charge on any atom is 0.414 e. The standard InChI is InChI=1S/C27H30FN7O3/c1-13-18-11-35(12-19(13)18)24-21-17-7-15(28)8-20(34(6)26(36)38-27(3,4)5)22(17)31-23(21)32-25(33-24)37-16-9-29-14(2)30-10-16/h7-10,13,18-19H,11-12H2,1-6H3,(H,31,32,33)/t13?,18-,19+. The van der Waals surface area contributed by atoms with E-state index in [1.807, 2.05) is 0 Å². The molecule has 4 heterocycles. The maximum atomic E-state index is 15.0. The van der Waals surface area contributed by atoms with Crippen LogP contribution in [0.4, 0.5) is 20.7 Å². The van der Waals surface area contributed by atoms with E-state index in [0.29, 0.717) is 62.8 Å². The lowest BCUT2D eigenvalue weighted by Crippen LogP contribution is -2.34. The highest BCUT2D eigenvalue weighted by molar-refractivity contribution is 6.16. The molecule has 6 rings (SSSR count). The minimum Gasteiger partial charge on any atom is -0.443 e. The highest BCUT2D eigenvalue weighted by Crippen LogP contribution is 2.53. The second-order valence-corrected chi connectivity index (χ2v) is 11.2. The number of aromatic nitrogens is 5. The van der Waals surface area contributed by atoms with E-state index < -0.39 is 17.5 Å². The van der Waals surface area contributed by atoms with E-state index in [0.717, 1.165) is 13.1 Å². The Morgan fingerprint density at radius 1 is 1.16 bits per heavy atom. The van der Waals surface area contributed by atoms with Gasteiger partial charge >= 0.3 is 12.1 Å². The minimum atomic E-state index is -0.698. The first-order chi connectivity index (χ1) is 18.0. The third-order valence-corrected chi connectivity index (χ3v) is 7.38. The van der Waals surface area contributed by atoms with Crippen LogP contribution in [0.25, 0.3) is 21.9 Å². The molecule has 1 saturated heterocycles. The summed E-state index contributed by atoms with van der Waals surface area (Å²) in [6, 6.07) is 2.88. The molecule has 0 radical (unpaired) electrons. The van der Waals surface area contributed by atoms with Crippen LogP contribution in [0, 0.1) is 30.5 Å². The van der Waals surface area contributed by atoms with Gasteiger partial charge in [0.15, 0.2) is 5.75 Å². The van der Waals surface area contributed by atoms with Crippen LogP contribution < -0.4 is 14.5 Å². The Morgan fingerprint density at radius 3 is 2.50 bits per heavy atom. The van der Waals surface area contributed by atoms with Gasteiger partial charge in [-0.1, -0.05) is 6.92 Å². The summed E-state index contributed by atoms with van der Waals surface area (Å²) in [6.45, 7) is 11.1. The summed E-state index contributed by atoms with van der Waals surface area (Å²) in [6.07, 6.45) is 2.54. The molecule has 38 heavy (non-hydrogen) atoms. The number of hydrogen-bond acceptors (Lipinski definition) is 8. The molecule has 3 atom stereocenters. The number of nitrogens with one attached hydrogen (secondary N) is 1. The quantitative estimate of drug-likeness (QED) is 0.391. The monoisotopic (exact) mass is 519 g/mol. The predicted molar refractivity (Wildman–Crippen MR) is 141 cm³/mol. The van der Waals surface area contributed by atoms with Crippen LogP contribution in [-0.2, 0) is 4.74 Å². The largest absolute Gasteiger partial charge is 0.443 e. The molecule has 11 heteroatoms. The fraction of sp³-hybridized carbons (Fsp3) is 0.444. The first kappa shape index (κ1) is 24.3. The van der Waals surface area contributed by atoms with Gasteiger partial charge in [-0.15, -0.1) is 0 Å². The molecule has 1 amide bonds.